The summed E-state index contributed by atoms with van der Waals surface area (Å²) in [7, 11) is 0. The molecule has 1 aromatic heterocycles. The van der Waals surface area contributed by atoms with Crippen molar-refractivity contribution in [1.29, 1.82) is 0 Å². The highest BCUT2D eigenvalue weighted by Crippen LogP contribution is 2.09. The number of carbonyl (C=O) groups is 3. The Hall–Kier alpha value is -2.47. The Labute approximate surface area is 151 Å². The number of benzene rings is 1. The molecule has 2 rings (SSSR count). The predicted octanol–water partition coefficient (Wildman–Crippen LogP) is 2.54. The van der Waals surface area contributed by atoms with Crippen LogP contribution in [0.1, 0.15) is 24.5 Å². The van der Waals surface area contributed by atoms with Crippen LogP contribution in [0, 0.1) is 0 Å². The Morgan fingerprint density at radius 3 is 2.52 bits per heavy atom. The second-order valence-electron chi connectivity index (χ2n) is 5.71. The molecule has 25 heavy (non-hydrogen) atoms. The number of amides is 1. The molecule has 0 unspecified atom stereocenters. The van der Waals surface area contributed by atoms with E-state index in [1.54, 1.807) is 11.3 Å². The van der Waals surface area contributed by atoms with Gasteiger partial charge in [-0.1, -0.05) is 30.3 Å². The number of thiophene rings is 1. The van der Waals surface area contributed by atoms with E-state index in [0.717, 1.165) is 11.1 Å². The monoisotopic (exact) mass is 359 g/mol. The zero-order chi connectivity index (χ0) is 18.1. The van der Waals surface area contributed by atoms with Crippen LogP contribution in [0.3, 0.4) is 0 Å². The first-order chi connectivity index (χ1) is 12.0. The van der Waals surface area contributed by atoms with E-state index in [1.807, 2.05) is 47.2 Å². The Morgan fingerprint density at radius 2 is 1.88 bits per heavy atom. The van der Waals surface area contributed by atoms with Gasteiger partial charge in [0.05, 0.1) is 6.04 Å². The summed E-state index contributed by atoms with van der Waals surface area (Å²) in [6, 6.07) is 10.8. The molecule has 0 aliphatic carbocycles. The van der Waals surface area contributed by atoms with Crippen LogP contribution in [0.5, 0.6) is 0 Å². The van der Waals surface area contributed by atoms with Crippen molar-refractivity contribution in [3.05, 3.63) is 58.3 Å². The zero-order valence-corrected chi connectivity index (χ0v) is 14.9. The van der Waals surface area contributed by atoms with Crippen LogP contribution < -0.4 is 5.32 Å². The molecule has 0 aliphatic rings. The number of hydrogen-bond donors (Lipinski definition) is 1. The van der Waals surface area contributed by atoms with Crippen LogP contribution in [0.25, 0.3) is 0 Å². The molecule has 0 aliphatic heterocycles. The second kappa shape index (κ2) is 9.74. The predicted molar refractivity (Wildman–Crippen MR) is 96.4 cm³/mol. The van der Waals surface area contributed by atoms with Crippen LogP contribution in [0.15, 0.2) is 47.2 Å². The van der Waals surface area contributed by atoms with Gasteiger partial charge in [-0.3, -0.25) is 14.4 Å². The maximum atomic E-state index is 11.9. The average Bonchev–Trinajstić information content (AvgIpc) is 3.12. The highest BCUT2D eigenvalue weighted by atomic mass is 32.1. The number of nitrogens with one attached hydrogen (secondary N) is 1. The lowest BCUT2D eigenvalue weighted by Gasteiger charge is -2.16. The van der Waals surface area contributed by atoms with Crippen molar-refractivity contribution in [1.82, 2.24) is 5.32 Å². The second-order valence-corrected chi connectivity index (χ2v) is 6.49. The van der Waals surface area contributed by atoms with Crippen molar-refractivity contribution in [2.75, 3.05) is 6.61 Å². The minimum Gasteiger partial charge on any atom is -0.456 e. The van der Waals surface area contributed by atoms with Gasteiger partial charge in [0.15, 0.2) is 12.4 Å². The van der Waals surface area contributed by atoms with Crippen LogP contribution in [0.4, 0.5) is 0 Å². The summed E-state index contributed by atoms with van der Waals surface area (Å²) in [5, 5.41) is 6.55. The maximum Gasteiger partial charge on any atom is 0.306 e. The number of hydrogen-bond acceptors (Lipinski definition) is 5. The number of esters is 1. The number of ketones is 1. The van der Waals surface area contributed by atoms with Gasteiger partial charge in [0.25, 0.3) is 5.91 Å². The third-order valence-electron chi connectivity index (χ3n) is 3.67. The van der Waals surface area contributed by atoms with E-state index in [2.05, 4.69) is 5.32 Å². The maximum absolute atomic E-state index is 11.9. The normalized spacial score (nSPS) is 11.6. The van der Waals surface area contributed by atoms with Crippen LogP contribution >= 0.6 is 11.3 Å². The van der Waals surface area contributed by atoms with E-state index >= 15 is 0 Å². The Morgan fingerprint density at radius 1 is 1.12 bits per heavy atom. The first-order valence-corrected chi connectivity index (χ1v) is 8.99. The Balaban J connectivity index is 1.74. The first-order valence-electron chi connectivity index (χ1n) is 8.05. The van der Waals surface area contributed by atoms with Gasteiger partial charge in [-0.25, -0.2) is 0 Å². The molecule has 1 aromatic carbocycles. The molecular weight excluding hydrogens is 338 g/mol. The van der Waals surface area contributed by atoms with Crippen molar-refractivity contribution < 1.29 is 19.1 Å². The molecule has 1 atom stereocenters. The number of ether oxygens (including phenoxy) is 1. The molecule has 1 amide bonds. The lowest BCUT2D eigenvalue weighted by molar-refractivity contribution is -0.148. The topological polar surface area (TPSA) is 72.5 Å². The van der Waals surface area contributed by atoms with Crippen LogP contribution in [-0.4, -0.2) is 30.3 Å². The zero-order valence-electron chi connectivity index (χ0n) is 14.1. The Bertz CT molecular complexity index is 697. The standard InChI is InChI=1S/C19H21NO4S/c1-14(21)17(11-15-5-3-2-4-6-15)20-18(22)12-24-19(23)8-7-16-9-10-25-13-16/h2-6,9-10,13,17H,7-8,11-12H2,1H3,(H,20,22)/t17-/m0/s1. The lowest BCUT2D eigenvalue weighted by Crippen LogP contribution is -2.43. The van der Waals surface area contributed by atoms with Crippen molar-refractivity contribution in [3.8, 4) is 0 Å². The van der Waals surface area contributed by atoms with Crippen LogP contribution in [0.2, 0.25) is 0 Å². The largest absolute Gasteiger partial charge is 0.456 e. The quantitative estimate of drug-likeness (QED) is 0.699. The molecule has 1 heterocycles. The van der Waals surface area contributed by atoms with E-state index in [-0.39, 0.29) is 18.8 Å². The highest BCUT2D eigenvalue weighted by molar-refractivity contribution is 7.07. The van der Waals surface area contributed by atoms with Gasteiger partial charge in [0.2, 0.25) is 0 Å². The van der Waals surface area contributed by atoms with E-state index in [9.17, 15) is 14.4 Å². The van der Waals surface area contributed by atoms with E-state index in [1.165, 1.54) is 6.92 Å². The summed E-state index contributed by atoms with van der Waals surface area (Å²) in [5.41, 5.74) is 2.03. The van der Waals surface area contributed by atoms with Gasteiger partial charge in [-0.05, 0) is 47.7 Å². The van der Waals surface area contributed by atoms with Crippen molar-refractivity contribution in [3.63, 3.8) is 0 Å². The minimum atomic E-state index is -0.626. The van der Waals surface area contributed by atoms with Gasteiger partial charge >= 0.3 is 5.97 Å². The molecule has 1 N–H and O–H groups in total. The summed E-state index contributed by atoms with van der Waals surface area (Å²) in [4.78, 5) is 35.4. The number of aryl methyl sites for hydroxylation is 1. The molecule has 0 saturated heterocycles. The van der Waals surface area contributed by atoms with Gasteiger partial charge in [-0.15, -0.1) is 0 Å². The minimum absolute atomic E-state index is 0.138. The highest BCUT2D eigenvalue weighted by Gasteiger charge is 2.18. The number of rotatable bonds is 9. The van der Waals surface area contributed by atoms with E-state index < -0.39 is 17.9 Å². The molecule has 0 saturated carbocycles. The summed E-state index contributed by atoms with van der Waals surface area (Å²) >= 11 is 1.57. The third kappa shape index (κ3) is 6.89. The molecular formula is C19H21NO4S. The van der Waals surface area contributed by atoms with Gasteiger partial charge in [0, 0.05) is 6.42 Å². The SMILES string of the molecule is CC(=O)[C@H](Cc1ccccc1)NC(=O)COC(=O)CCc1ccsc1. The summed E-state index contributed by atoms with van der Waals surface area (Å²) in [6.45, 7) is 1.06. The molecule has 132 valence electrons. The fourth-order valence-corrected chi connectivity index (χ4v) is 2.98. The number of carbonyl (C=O) groups excluding carboxylic acids is 3. The van der Waals surface area contributed by atoms with Crippen LogP contribution in [-0.2, 0) is 32.0 Å². The molecule has 0 fully saturated rings. The van der Waals surface area contributed by atoms with E-state index in [4.69, 9.17) is 4.74 Å². The van der Waals surface area contributed by atoms with Gasteiger partial charge in [-0.2, -0.15) is 11.3 Å². The van der Waals surface area contributed by atoms with Crippen molar-refractivity contribution in [2.24, 2.45) is 0 Å². The summed E-state index contributed by atoms with van der Waals surface area (Å²) in [5.74, 6) is -1.04. The van der Waals surface area contributed by atoms with Gasteiger partial charge < -0.3 is 10.1 Å². The van der Waals surface area contributed by atoms with Gasteiger partial charge in [0.1, 0.15) is 0 Å². The third-order valence-corrected chi connectivity index (χ3v) is 4.40. The molecule has 0 bridgehead atoms. The van der Waals surface area contributed by atoms with E-state index in [0.29, 0.717) is 12.8 Å². The molecule has 0 radical (unpaired) electrons. The smallest absolute Gasteiger partial charge is 0.306 e. The molecule has 2 aromatic rings. The van der Waals surface area contributed by atoms with Crippen molar-refractivity contribution >= 4 is 29.0 Å². The summed E-state index contributed by atoms with van der Waals surface area (Å²) in [6.07, 6.45) is 1.23. The average molecular weight is 359 g/mol. The summed E-state index contributed by atoms with van der Waals surface area (Å²) < 4.78 is 4.97. The fourth-order valence-electron chi connectivity index (χ4n) is 2.28. The fraction of sp³-hybridized carbons (Fsp3) is 0.316. The number of Topliss-reactive ketones (excluding diaryl/α,β-unsaturated/α-hetero) is 1. The molecule has 0 spiro atoms. The Kier molecular flexibility index (Phi) is 7.35. The molecule has 6 heteroatoms. The first kappa shape index (κ1) is 18.9. The molecule has 5 nitrogen and oxygen atoms in total. The van der Waals surface area contributed by atoms with Crippen molar-refractivity contribution in [2.45, 2.75) is 32.2 Å². The lowest BCUT2D eigenvalue weighted by atomic mass is 10.0.